The fourth-order valence-electron chi connectivity index (χ4n) is 7.52. The number of nitrogens with one attached hydrogen (secondary N) is 1. The van der Waals surface area contributed by atoms with E-state index in [1.807, 2.05) is 37.0 Å². The number of allylic oxidation sites excluding steroid dienone is 1. The number of carbonyl (C=O) groups is 4. The topological polar surface area (TPSA) is 125 Å². The average Bonchev–Trinajstić information content (AvgIpc) is 3.59. The smallest absolute Gasteiger partial charge is 0.313 e. The molecule has 2 N–H and O–H groups in total. The van der Waals surface area contributed by atoms with Gasteiger partial charge in [-0.05, 0) is 38.5 Å². The summed E-state index contributed by atoms with van der Waals surface area (Å²) >= 11 is 0. The molecule has 0 aromatic heterocycles. The Morgan fingerprint density at radius 3 is 2.56 bits per heavy atom. The van der Waals surface area contributed by atoms with E-state index in [9.17, 15) is 24.3 Å². The second-order valence-corrected chi connectivity index (χ2v) is 12.8. The third-order valence-electron chi connectivity index (χ3n) is 9.37. The van der Waals surface area contributed by atoms with Crippen molar-refractivity contribution in [3.8, 4) is 0 Å². The number of ether oxygens (including phenoxy) is 2. The number of rotatable bonds is 5. The molecule has 5 aliphatic rings. The Balaban J connectivity index is 1.59. The number of carbonyl (C=O) groups excluding carboxylic acids is 4. The number of likely N-dealkylation sites (tertiary alicyclic amines) is 1. The molecule has 1 spiro atoms. The van der Waals surface area contributed by atoms with Gasteiger partial charge >= 0.3 is 5.97 Å². The largest absolute Gasteiger partial charge is 0.460 e. The first kappa shape index (κ1) is 29.8. The van der Waals surface area contributed by atoms with Gasteiger partial charge in [-0.25, -0.2) is 0 Å². The van der Waals surface area contributed by atoms with Crippen molar-refractivity contribution >= 4 is 23.7 Å². The van der Waals surface area contributed by atoms with Gasteiger partial charge in [-0.2, -0.15) is 0 Å². The maximum atomic E-state index is 14.8. The van der Waals surface area contributed by atoms with E-state index in [4.69, 9.17) is 9.47 Å². The summed E-state index contributed by atoms with van der Waals surface area (Å²) in [6, 6.07) is -1.57. The van der Waals surface area contributed by atoms with Crippen LogP contribution in [-0.4, -0.2) is 94.2 Å². The minimum atomic E-state index is -1.31. The van der Waals surface area contributed by atoms with Crippen molar-refractivity contribution < 1.29 is 33.8 Å². The Morgan fingerprint density at radius 1 is 1.10 bits per heavy atom. The first-order valence-corrected chi connectivity index (χ1v) is 15.4. The molecule has 3 fully saturated rings. The first-order valence-electron chi connectivity index (χ1n) is 15.4. The number of aliphatic hydroxyl groups is 1. The molecule has 4 aliphatic heterocycles. The van der Waals surface area contributed by atoms with Crippen LogP contribution in [0, 0.1) is 17.8 Å². The van der Waals surface area contributed by atoms with Gasteiger partial charge in [0.15, 0.2) is 0 Å². The van der Waals surface area contributed by atoms with Crippen molar-refractivity contribution in [3.63, 3.8) is 0 Å². The maximum Gasteiger partial charge on any atom is 0.313 e. The van der Waals surface area contributed by atoms with Crippen LogP contribution in [-0.2, 0) is 28.7 Å². The number of hydrogen-bond donors (Lipinski definition) is 2. The Kier molecular flexibility index (Phi) is 8.90. The molecule has 5 bridgehead atoms. The van der Waals surface area contributed by atoms with E-state index < -0.39 is 47.7 Å². The molecule has 1 aliphatic carbocycles. The number of amides is 3. The summed E-state index contributed by atoms with van der Waals surface area (Å²) in [7, 11) is 0. The Morgan fingerprint density at radius 2 is 1.85 bits per heavy atom. The van der Waals surface area contributed by atoms with Gasteiger partial charge in [-0.15, -0.1) is 0 Å². The second-order valence-electron chi connectivity index (χ2n) is 12.8. The summed E-state index contributed by atoms with van der Waals surface area (Å²) in [6.07, 6.45) is 12.4. The zero-order valence-corrected chi connectivity index (χ0v) is 24.5. The monoisotopic (exact) mass is 571 g/mol. The lowest BCUT2D eigenvalue weighted by Gasteiger charge is -2.42. The fourth-order valence-corrected chi connectivity index (χ4v) is 7.52. The van der Waals surface area contributed by atoms with Crippen LogP contribution in [0.4, 0.5) is 0 Å². The highest BCUT2D eigenvalue weighted by Gasteiger charge is 2.74. The van der Waals surface area contributed by atoms with Gasteiger partial charge in [0.05, 0.1) is 31.2 Å². The summed E-state index contributed by atoms with van der Waals surface area (Å²) in [6.45, 7) is 5.96. The predicted molar refractivity (Wildman–Crippen MR) is 150 cm³/mol. The van der Waals surface area contributed by atoms with Crippen molar-refractivity contribution in [2.45, 2.75) is 108 Å². The summed E-state index contributed by atoms with van der Waals surface area (Å²) in [5, 5.41) is 13.3. The van der Waals surface area contributed by atoms with E-state index in [0.717, 1.165) is 32.1 Å². The molecule has 41 heavy (non-hydrogen) atoms. The normalized spacial score (nSPS) is 36.5. The lowest BCUT2D eigenvalue weighted by molar-refractivity contribution is -0.159. The van der Waals surface area contributed by atoms with Crippen LogP contribution >= 0.6 is 0 Å². The summed E-state index contributed by atoms with van der Waals surface area (Å²) in [5.74, 6) is -2.95. The Bertz CT molecular complexity index is 1080. The number of cyclic esters (lactones) is 1. The quantitative estimate of drug-likeness (QED) is 0.382. The van der Waals surface area contributed by atoms with Crippen LogP contribution in [0.15, 0.2) is 24.3 Å². The molecule has 1 saturated carbocycles. The zero-order chi connectivity index (χ0) is 29.3. The molecule has 10 nitrogen and oxygen atoms in total. The van der Waals surface area contributed by atoms with E-state index >= 15 is 0 Å². The van der Waals surface area contributed by atoms with Gasteiger partial charge in [0, 0.05) is 19.0 Å². The van der Waals surface area contributed by atoms with E-state index in [-0.39, 0.29) is 42.8 Å². The molecule has 0 unspecified atom stereocenters. The van der Waals surface area contributed by atoms with Crippen molar-refractivity contribution in [1.82, 2.24) is 15.1 Å². The number of nitrogens with zero attached hydrogens (tertiary/aromatic N) is 2. The molecule has 0 aromatic carbocycles. The van der Waals surface area contributed by atoms with Crippen LogP contribution in [0.3, 0.4) is 0 Å². The van der Waals surface area contributed by atoms with Gasteiger partial charge in [0.25, 0.3) is 0 Å². The van der Waals surface area contributed by atoms with Gasteiger partial charge in [0.1, 0.15) is 23.7 Å². The molecular formula is C31H45N3O7. The Hall–Kier alpha value is -2.72. The average molecular weight is 572 g/mol. The molecule has 0 aromatic rings. The SMILES string of the molecule is CC(C)C[C@H](CO)N1C(=O)[C@@H]2[C@H]3C(=O)O[C@@H](C)CNC(=O)CC/C=C\CN(C4CCCCC4)C(=O)[C@@H]1[C@]21C=C[C@H]3O1. The third kappa shape index (κ3) is 5.57. The summed E-state index contributed by atoms with van der Waals surface area (Å²) in [5.41, 5.74) is -1.31. The van der Waals surface area contributed by atoms with Crippen molar-refractivity contribution in [1.29, 1.82) is 0 Å². The van der Waals surface area contributed by atoms with Crippen LogP contribution in [0.25, 0.3) is 0 Å². The predicted octanol–water partition coefficient (Wildman–Crippen LogP) is 2.10. The summed E-state index contributed by atoms with van der Waals surface area (Å²) in [4.78, 5) is 58.5. The maximum absolute atomic E-state index is 14.8. The molecular weight excluding hydrogens is 526 g/mol. The third-order valence-corrected chi connectivity index (χ3v) is 9.37. The van der Waals surface area contributed by atoms with Crippen LogP contribution in [0.2, 0.25) is 0 Å². The highest BCUT2D eigenvalue weighted by atomic mass is 16.6. The van der Waals surface area contributed by atoms with Gasteiger partial charge in [0.2, 0.25) is 17.7 Å². The van der Waals surface area contributed by atoms with E-state index in [0.29, 0.717) is 25.8 Å². The lowest BCUT2D eigenvalue weighted by Crippen LogP contribution is -2.60. The molecule has 226 valence electrons. The van der Waals surface area contributed by atoms with Crippen LogP contribution in [0.5, 0.6) is 0 Å². The highest BCUT2D eigenvalue weighted by Crippen LogP contribution is 2.56. The molecule has 10 heteroatoms. The standard InChI is InChI=1S/C31H45N3O7/c1-19(2)16-22(18-35)34-27-29(38)33(21-10-6-4-7-11-21)15-9-5-8-12-24(36)32-17-20(3)40-30(39)25-23-13-14-31(27,41-23)26(25)28(34)37/h5,9,13-14,19-23,25-27,35H,4,6-8,10-12,15-18H2,1-3H3,(H,32,36)/b9-5-/t20-,22+,23+,25-,26-,27+,31-/m0/s1. The van der Waals surface area contributed by atoms with Crippen molar-refractivity contribution in [2.24, 2.45) is 17.8 Å². The minimum Gasteiger partial charge on any atom is -0.460 e. The van der Waals surface area contributed by atoms with E-state index in [1.165, 1.54) is 0 Å². The molecule has 2 saturated heterocycles. The van der Waals surface area contributed by atoms with E-state index in [1.54, 1.807) is 17.9 Å². The highest BCUT2D eigenvalue weighted by molar-refractivity contribution is 5.99. The summed E-state index contributed by atoms with van der Waals surface area (Å²) < 4.78 is 12.2. The van der Waals surface area contributed by atoms with Gasteiger partial charge in [-0.1, -0.05) is 57.4 Å². The van der Waals surface area contributed by atoms with E-state index in [2.05, 4.69) is 5.32 Å². The minimum absolute atomic E-state index is 0.0144. The molecule has 3 amide bonds. The Labute approximate surface area is 242 Å². The number of fused-ring (bicyclic) bond motifs is 2. The first-order chi connectivity index (χ1) is 19.7. The molecule has 4 heterocycles. The molecule has 0 radical (unpaired) electrons. The molecule has 7 atom stereocenters. The van der Waals surface area contributed by atoms with Crippen molar-refractivity contribution in [3.05, 3.63) is 24.3 Å². The number of esters is 1. The number of hydrogen-bond acceptors (Lipinski definition) is 7. The van der Waals surface area contributed by atoms with Gasteiger partial charge < -0.3 is 29.7 Å². The van der Waals surface area contributed by atoms with Crippen LogP contribution < -0.4 is 5.32 Å². The van der Waals surface area contributed by atoms with Crippen LogP contribution in [0.1, 0.15) is 72.1 Å². The second kappa shape index (κ2) is 12.3. The molecule has 5 rings (SSSR count). The zero-order valence-electron chi connectivity index (χ0n) is 24.5. The fraction of sp³-hybridized carbons (Fsp3) is 0.742. The lowest BCUT2D eigenvalue weighted by atomic mass is 9.74. The number of aliphatic hydroxyl groups excluding tert-OH is 1. The van der Waals surface area contributed by atoms with Gasteiger partial charge in [-0.3, -0.25) is 19.2 Å². The van der Waals surface area contributed by atoms with Crippen molar-refractivity contribution in [2.75, 3.05) is 19.7 Å².